The second-order valence-corrected chi connectivity index (χ2v) is 9.16. The molecule has 30 heavy (non-hydrogen) atoms. The number of nitrogens with one attached hydrogen (secondary N) is 1. The molecule has 0 saturated carbocycles. The normalized spacial score (nSPS) is 11.5. The van der Waals surface area contributed by atoms with E-state index >= 15 is 0 Å². The first-order valence-corrected chi connectivity index (χ1v) is 11.1. The minimum absolute atomic E-state index is 0.255. The van der Waals surface area contributed by atoms with Crippen molar-refractivity contribution >= 4 is 44.4 Å². The number of nitrogens with two attached hydrogens (primary N) is 1. The molecule has 4 rings (SSSR count). The molecule has 9 heteroatoms. The summed E-state index contributed by atoms with van der Waals surface area (Å²) < 4.78 is 25.1. The highest BCUT2D eigenvalue weighted by molar-refractivity contribution is 7.90. The quantitative estimate of drug-likeness (QED) is 0.489. The first-order chi connectivity index (χ1) is 14.2. The van der Waals surface area contributed by atoms with E-state index in [1.165, 1.54) is 6.26 Å². The van der Waals surface area contributed by atoms with Crippen molar-refractivity contribution in [3.63, 3.8) is 0 Å². The Morgan fingerprint density at radius 3 is 2.47 bits per heavy atom. The van der Waals surface area contributed by atoms with Crippen molar-refractivity contribution in [3.05, 3.63) is 77.6 Å². The van der Waals surface area contributed by atoms with Crippen molar-refractivity contribution in [2.24, 2.45) is 5.73 Å². The number of aromatic nitrogens is 2. The van der Waals surface area contributed by atoms with Gasteiger partial charge in [-0.15, -0.1) is 0 Å². The van der Waals surface area contributed by atoms with Gasteiger partial charge in [0.05, 0.1) is 26.9 Å². The van der Waals surface area contributed by atoms with Crippen LogP contribution in [0.1, 0.15) is 10.4 Å². The zero-order valence-electron chi connectivity index (χ0n) is 15.8. The van der Waals surface area contributed by atoms with Gasteiger partial charge in [0.1, 0.15) is 0 Å². The molecule has 0 bridgehead atoms. The highest BCUT2D eigenvalue weighted by Gasteiger charge is 2.13. The van der Waals surface area contributed by atoms with Gasteiger partial charge in [0, 0.05) is 29.9 Å². The summed E-state index contributed by atoms with van der Waals surface area (Å²) in [6.07, 6.45) is 4.67. The highest BCUT2D eigenvalue weighted by Crippen LogP contribution is 2.30. The average Bonchev–Trinajstić information content (AvgIpc) is 3.18. The zero-order valence-corrected chi connectivity index (χ0v) is 17.4. The van der Waals surface area contributed by atoms with Crippen LogP contribution in [-0.4, -0.2) is 30.0 Å². The SMILES string of the molecule is CS(=O)(=O)c1ccc(Nc2ccc(-c3ccc(C(N)=O)c(Cl)c3)n3ccnc23)cc1. The third kappa shape index (κ3) is 3.74. The molecule has 0 atom stereocenters. The maximum atomic E-state index is 11.6. The molecular weight excluding hydrogens is 424 g/mol. The van der Waals surface area contributed by atoms with Crippen LogP contribution in [0.3, 0.4) is 0 Å². The lowest BCUT2D eigenvalue weighted by molar-refractivity contribution is 0.100. The summed E-state index contributed by atoms with van der Waals surface area (Å²) in [5, 5.41) is 3.54. The Bertz CT molecular complexity index is 1380. The second-order valence-electron chi connectivity index (χ2n) is 6.73. The number of anilines is 2. The maximum absolute atomic E-state index is 11.6. The molecule has 0 fully saturated rings. The van der Waals surface area contributed by atoms with E-state index in [4.69, 9.17) is 17.3 Å². The third-order valence-electron chi connectivity index (χ3n) is 4.64. The number of fused-ring (bicyclic) bond motifs is 1. The fourth-order valence-corrected chi connectivity index (χ4v) is 4.07. The smallest absolute Gasteiger partial charge is 0.250 e. The van der Waals surface area contributed by atoms with E-state index in [1.807, 2.05) is 22.7 Å². The average molecular weight is 441 g/mol. The number of primary amides is 1. The Morgan fingerprint density at radius 1 is 1.10 bits per heavy atom. The van der Waals surface area contributed by atoms with Crippen LogP contribution < -0.4 is 11.1 Å². The molecule has 0 saturated heterocycles. The number of carbonyl (C=O) groups is 1. The molecule has 3 N–H and O–H groups in total. The van der Waals surface area contributed by atoms with Crippen LogP contribution in [0.5, 0.6) is 0 Å². The summed E-state index contributed by atoms with van der Waals surface area (Å²) in [7, 11) is -3.25. The highest BCUT2D eigenvalue weighted by atomic mass is 35.5. The molecule has 2 heterocycles. The number of nitrogens with zero attached hydrogens (tertiary/aromatic N) is 2. The summed E-state index contributed by atoms with van der Waals surface area (Å²) in [4.78, 5) is 16.1. The number of imidazole rings is 1. The minimum Gasteiger partial charge on any atom is -0.366 e. The van der Waals surface area contributed by atoms with Gasteiger partial charge >= 0.3 is 0 Å². The molecule has 1 amide bonds. The first-order valence-electron chi connectivity index (χ1n) is 8.87. The summed E-state index contributed by atoms with van der Waals surface area (Å²) in [6, 6.07) is 15.3. The van der Waals surface area contributed by atoms with E-state index in [9.17, 15) is 13.2 Å². The van der Waals surface area contributed by atoms with E-state index < -0.39 is 15.7 Å². The lowest BCUT2D eigenvalue weighted by atomic mass is 10.1. The van der Waals surface area contributed by atoms with Gasteiger partial charge in [-0.05, 0) is 48.5 Å². The van der Waals surface area contributed by atoms with Crippen LogP contribution in [0.25, 0.3) is 16.9 Å². The van der Waals surface area contributed by atoms with Gasteiger partial charge in [-0.25, -0.2) is 13.4 Å². The number of pyridine rings is 1. The van der Waals surface area contributed by atoms with Crippen molar-refractivity contribution < 1.29 is 13.2 Å². The van der Waals surface area contributed by atoms with Crippen LogP contribution >= 0.6 is 11.6 Å². The van der Waals surface area contributed by atoms with Gasteiger partial charge in [0.25, 0.3) is 0 Å². The standard InChI is InChI=1S/C21H17ClN4O3S/c1-30(28,29)15-5-3-14(4-6-15)25-18-8-9-19(26-11-10-24-21(18)26)13-2-7-16(20(23)27)17(22)12-13/h2-12,25H,1H3,(H2,23,27). The Morgan fingerprint density at radius 2 is 1.83 bits per heavy atom. The number of hydrogen-bond acceptors (Lipinski definition) is 5. The number of amides is 1. The maximum Gasteiger partial charge on any atom is 0.250 e. The number of hydrogen-bond donors (Lipinski definition) is 2. The molecule has 2 aromatic carbocycles. The van der Waals surface area contributed by atoms with Crippen LogP contribution in [0.4, 0.5) is 11.4 Å². The molecule has 0 unspecified atom stereocenters. The molecular formula is C21H17ClN4O3S. The zero-order chi connectivity index (χ0) is 21.5. The number of carbonyl (C=O) groups excluding carboxylic acids is 1. The molecule has 2 aromatic heterocycles. The molecule has 0 aliphatic heterocycles. The van der Waals surface area contributed by atoms with E-state index in [0.717, 1.165) is 22.6 Å². The predicted molar refractivity (Wildman–Crippen MR) is 117 cm³/mol. The monoisotopic (exact) mass is 440 g/mol. The van der Waals surface area contributed by atoms with Crippen molar-refractivity contribution in [3.8, 4) is 11.3 Å². The predicted octanol–water partition coefficient (Wildman–Crippen LogP) is 3.90. The molecule has 7 nitrogen and oxygen atoms in total. The molecule has 0 radical (unpaired) electrons. The van der Waals surface area contributed by atoms with E-state index in [1.54, 1.807) is 48.7 Å². The Hall–Kier alpha value is -3.36. The number of sulfone groups is 1. The lowest BCUT2D eigenvalue weighted by Gasteiger charge is -2.12. The Labute approximate surface area is 178 Å². The summed E-state index contributed by atoms with van der Waals surface area (Å²) in [6.45, 7) is 0. The van der Waals surface area contributed by atoms with Gasteiger partial charge in [-0.1, -0.05) is 17.7 Å². The molecule has 0 spiro atoms. The third-order valence-corrected chi connectivity index (χ3v) is 6.08. The van der Waals surface area contributed by atoms with E-state index in [2.05, 4.69) is 10.3 Å². The fraction of sp³-hybridized carbons (Fsp3) is 0.0476. The summed E-state index contributed by atoms with van der Waals surface area (Å²) >= 11 is 6.20. The Kier molecular flexibility index (Phi) is 4.97. The Balaban J connectivity index is 1.71. The molecule has 152 valence electrons. The van der Waals surface area contributed by atoms with Gasteiger partial charge in [0.2, 0.25) is 5.91 Å². The molecule has 0 aliphatic rings. The topological polar surface area (TPSA) is 107 Å². The van der Waals surface area contributed by atoms with Gasteiger partial charge in [0.15, 0.2) is 15.5 Å². The molecule has 0 aliphatic carbocycles. The van der Waals surface area contributed by atoms with E-state index in [-0.39, 0.29) is 15.5 Å². The number of benzene rings is 2. The van der Waals surface area contributed by atoms with Gasteiger partial charge < -0.3 is 11.1 Å². The van der Waals surface area contributed by atoms with E-state index in [0.29, 0.717) is 5.65 Å². The van der Waals surface area contributed by atoms with Gasteiger partial charge in [-0.2, -0.15) is 0 Å². The van der Waals surface area contributed by atoms with Gasteiger partial charge in [-0.3, -0.25) is 9.20 Å². The first kappa shape index (κ1) is 19.9. The van der Waals surface area contributed by atoms with Crippen LogP contribution in [0.2, 0.25) is 5.02 Å². The second kappa shape index (κ2) is 7.47. The number of halogens is 1. The van der Waals surface area contributed by atoms with Crippen molar-refractivity contribution in [1.82, 2.24) is 9.38 Å². The minimum atomic E-state index is -3.25. The molecule has 4 aromatic rings. The largest absolute Gasteiger partial charge is 0.366 e. The van der Waals surface area contributed by atoms with Crippen molar-refractivity contribution in [2.45, 2.75) is 4.90 Å². The lowest BCUT2D eigenvalue weighted by Crippen LogP contribution is -2.11. The summed E-state index contributed by atoms with van der Waals surface area (Å²) in [5.41, 5.74) is 9.37. The van der Waals surface area contributed by atoms with Crippen LogP contribution in [-0.2, 0) is 9.84 Å². The van der Waals surface area contributed by atoms with Crippen molar-refractivity contribution in [2.75, 3.05) is 11.6 Å². The van der Waals surface area contributed by atoms with Crippen LogP contribution in [0, 0.1) is 0 Å². The number of rotatable bonds is 5. The fourth-order valence-electron chi connectivity index (χ4n) is 3.16. The van der Waals surface area contributed by atoms with Crippen molar-refractivity contribution in [1.29, 1.82) is 0 Å². The summed E-state index contributed by atoms with van der Waals surface area (Å²) in [5.74, 6) is -0.583. The van der Waals surface area contributed by atoms with Crippen LogP contribution in [0.15, 0.2) is 71.9 Å².